The predicted octanol–water partition coefficient (Wildman–Crippen LogP) is 7.30. The lowest BCUT2D eigenvalue weighted by Gasteiger charge is -2.25. The summed E-state index contributed by atoms with van der Waals surface area (Å²) in [7, 11) is 0. The van der Waals surface area contributed by atoms with Gasteiger partial charge >= 0.3 is 0 Å². The molecule has 4 aromatic heterocycles. The van der Waals surface area contributed by atoms with Gasteiger partial charge in [0.05, 0.1) is 16.7 Å². The number of rotatable bonds is 4. The third-order valence-corrected chi connectivity index (χ3v) is 8.69. The van der Waals surface area contributed by atoms with Crippen LogP contribution in [0.5, 0.6) is 0 Å². The molecule has 0 amide bonds. The van der Waals surface area contributed by atoms with Crippen LogP contribution in [0.25, 0.3) is 28.1 Å². The zero-order valence-corrected chi connectivity index (χ0v) is 22.5. The van der Waals surface area contributed by atoms with Crippen molar-refractivity contribution in [2.24, 2.45) is 0 Å². The molecule has 0 aliphatic carbocycles. The lowest BCUT2D eigenvalue weighted by Crippen LogP contribution is -2.29. The average molecular weight is 546 g/mol. The number of thiazole rings is 2. The van der Waals surface area contributed by atoms with Gasteiger partial charge in [-0.05, 0) is 62.8 Å². The molecule has 0 saturated carbocycles. The quantitative estimate of drug-likeness (QED) is 0.236. The van der Waals surface area contributed by atoms with Gasteiger partial charge in [-0.1, -0.05) is 19.6 Å². The van der Waals surface area contributed by atoms with E-state index in [2.05, 4.69) is 41.2 Å². The zero-order valence-electron chi connectivity index (χ0n) is 20.9. The van der Waals surface area contributed by atoms with Gasteiger partial charge in [0.25, 0.3) is 0 Å². The van der Waals surface area contributed by atoms with Crippen molar-refractivity contribution < 1.29 is 0 Å². The van der Waals surface area contributed by atoms with Crippen LogP contribution in [0.2, 0.25) is 0 Å². The smallest absolute Gasteiger partial charge is 0.187 e. The summed E-state index contributed by atoms with van der Waals surface area (Å²) in [6.45, 7) is 4.59. The molecule has 2 saturated heterocycles. The Hall–Kier alpha value is -3.30. The number of anilines is 2. The van der Waals surface area contributed by atoms with Crippen molar-refractivity contribution in [1.29, 1.82) is 0 Å². The highest BCUT2D eigenvalue weighted by atomic mass is 32.1. The molecule has 9 heteroatoms. The van der Waals surface area contributed by atoms with Crippen molar-refractivity contribution in [1.82, 2.24) is 24.5 Å². The van der Waals surface area contributed by atoms with Crippen LogP contribution < -0.4 is 9.80 Å². The van der Waals surface area contributed by atoms with Crippen LogP contribution >= 0.6 is 22.7 Å². The minimum atomic E-state index is 0. The summed E-state index contributed by atoms with van der Waals surface area (Å²) in [5.41, 5.74) is 4.35. The summed E-state index contributed by atoms with van der Waals surface area (Å²) in [5, 5.41) is 6.56. The summed E-state index contributed by atoms with van der Waals surface area (Å²) in [6.07, 6.45) is 13.4. The number of hydrogen-bond donors (Lipinski definition) is 0. The number of piperidine rings is 2. The maximum absolute atomic E-state index is 4.79. The van der Waals surface area contributed by atoms with Crippen LogP contribution in [0.4, 0.5) is 10.3 Å². The Morgan fingerprint density at radius 1 is 0.684 bits per heavy atom. The van der Waals surface area contributed by atoms with Crippen molar-refractivity contribution in [3.05, 3.63) is 65.9 Å². The second kappa shape index (κ2) is 12.5. The Morgan fingerprint density at radius 2 is 1.32 bits per heavy atom. The van der Waals surface area contributed by atoms with Crippen molar-refractivity contribution in [3.63, 3.8) is 0 Å². The Balaban J connectivity index is 0.000000153. The summed E-state index contributed by atoms with van der Waals surface area (Å²) < 4.78 is 2.07. The van der Waals surface area contributed by atoms with Crippen molar-refractivity contribution in [3.8, 4) is 17.1 Å². The summed E-state index contributed by atoms with van der Waals surface area (Å²) >= 11 is 3.47. The van der Waals surface area contributed by atoms with Gasteiger partial charge < -0.3 is 9.80 Å². The van der Waals surface area contributed by atoms with Gasteiger partial charge in [0.2, 0.25) is 0 Å². The first-order valence-corrected chi connectivity index (χ1v) is 14.8. The summed E-state index contributed by atoms with van der Waals surface area (Å²) in [6, 6.07) is 12.2. The van der Waals surface area contributed by atoms with Gasteiger partial charge in [-0.25, -0.2) is 15.0 Å². The Bertz CT molecular complexity index is 1410. The molecular formula is C29H35N7S2. The maximum Gasteiger partial charge on any atom is 0.187 e. The van der Waals surface area contributed by atoms with E-state index in [4.69, 9.17) is 9.97 Å². The number of imidazole rings is 1. The van der Waals surface area contributed by atoms with Crippen LogP contribution in [0.3, 0.4) is 0 Å². The minimum absolute atomic E-state index is 0. The molecule has 0 N–H and O–H groups in total. The van der Waals surface area contributed by atoms with E-state index in [0.717, 1.165) is 64.6 Å². The SMILES string of the molecule is C.c1cc(-c2csc(N3CCCCC3)n2)ccn1.c1ccc2c(c1)ncn2-c1csc(N2CCCCC2)n1. The number of nitrogens with zero attached hydrogens (tertiary/aromatic N) is 7. The van der Waals surface area contributed by atoms with Crippen LogP contribution in [-0.4, -0.2) is 50.7 Å². The second-order valence-corrected chi connectivity index (χ2v) is 11.1. The first-order chi connectivity index (χ1) is 18.3. The zero-order chi connectivity index (χ0) is 24.9. The number of benzene rings is 1. The molecule has 0 spiro atoms. The standard InChI is InChI=1S/C15H16N4S.C13H15N3S.CH4/c1-4-8-18(9-5-1)15-17-14(10-20-15)19-11-16-12-6-2-3-7-13(12)19;1-2-8-16(9-3-1)13-15-12(10-17-13)11-4-6-14-7-5-11;/h2-3,6-7,10-11H,1,4-5,8-9H2;4-7,10H,1-3,8-9H2;1H4. The lowest BCUT2D eigenvalue weighted by atomic mass is 10.1. The molecule has 0 radical (unpaired) electrons. The molecular weight excluding hydrogens is 511 g/mol. The number of fused-ring (bicyclic) bond motifs is 1. The van der Waals surface area contributed by atoms with E-state index < -0.39 is 0 Å². The van der Waals surface area contributed by atoms with Gasteiger partial charge in [-0.3, -0.25) is 9.55 Å². The topological polar surface area (TPSA) is 63.0 Å². The van der Waals surface area contributed by atoms with Gasteiger partial charge in [0.1, 0.15) is 6.33 Å². The molecule has 6 heterocycles. The van der Waals surface area contributed by atoms with Gasteiger partial charge in [0, 0.05) is 54.9 Å². The molecule has 2 aliphatic rings. The van der Waals surface area contributed by atoms with E-state index in [-0.39, 0.29) is 7.43 Å². The predicted molar refractivity (Wildman–Crippen MR) is 161 cm³/mol. The molecule has 38 heavy (non-hydrogen) atoms. The lowest BCUT2D eigenvalue weighted by molar-refractivity contribution is 0.576. The highest BCUT2D eigenvalue weighted by Crippen LogP contribution is 2.29. The van der Waals surface area contributed by atoms with E-state index in [0.29, 0.717) is 0 Å². The molecule has 7 rings (SSSR count). The van der Waals surface area contributed by atoms with E-state index in [1.54, 1.807) is 22.7 Å². The minimum Gasteiger partial charge on any atom is -0.348 e. The number of aromatic nitrogens is 5. The van der Waals surface area contributed by atoms with Crippen molar-refractivity contribution >= 4 is 44.0 Å². The van der Waals surface area contributed by atoms with E-state index >= 15 is 0 Å². The molecule has 198 valence electrons. The highest BCUT2D eigenvalue weighted by Gasteiger charge is 2.16. The average Bonchev–Trinajstić information content (AvgIpc) is 3.75. The van der Waals surface area contributed by atoms with Crippen molar-refractivity contribution in [2.75, 3.05) is 36.0 Å². The Kier molecular flexibility index (Phi) is 8.65. The molecule has 7 nitrogen and oxygen atoms in total. The third-order valence-electron chi connectivity index (χ3n) is 6.90. The van der Waals surface area contributed by atoms with Gasteiger partial charge in [0.15, 0.2) is 16.1 Å². The summed E-state index contributed by atoms with van der Waals surface area (Å²) in [5.74, 6) is 0.976. The maximum atomic E-state index is 4.79. The van der Waals surface area contributed by atoms with Crippen LogP contribution in [0.1, 0.15) is 46.0 Å². The largest absolute Gasteiger partial charge is 0.348 e. The van der Waals surface area contributed by atoms with Crippen molar-refractivity contribution in [2.45, 2.75) is 46.0 Å². The molecule has 0 bridgehead atoms. The fourth-order valence-electron chi connectivity index (χ4n) is 4.89. The fraction of sp³-hybridized carbons (Fsp3) is 0.379. The molecule has 0 atom stereocenters. The van der Waals surface area contributed by atoms with E-state index in [1.165, 1.54) is 38.5 Å². The molecule has 2 aliphatic heterocycles. The first-order valence-electron chi connectivity index (χ1n) is 13.1. The van der Waals surface area contributed by atoms with E-state index in [9.17, 15) is 0 Å². The van der Waals surface area contributed by atoms with Gasteiger partial charge in [-0.15, -0.1) is 22.7 Å². The molecule has 1 aromatic carbocycles. The Morgan fingerprint density at radius 3 is 2.03 bits per heavy atom. The molecule has 0 unspecified atom stereocenters. The highest BCUT2D eigenvalue weighted by molar-refractivity contribution is 7.14. The number of para-hydroxylation sites is 2. The number of hydrogen-bond acceptors (Lipinski definition) is 8. The second-order valence-electron chi connectivity index (χ2n) is 9.44. The molecule has 2 fully saturated rings. The molecule has 5 aromatic rings. The monoisotopic (exact) mass is 545 g/mol. The third kappa shape index (κ3) is 5.89. The van der Waals surface area contributed by atoms with E-state index in [1.807, 2.05) is 49.1 Å². The normalized spacial score (nSPS) is 15.6. The number of pyridine rings is 1. The summed E-state index contributed by atoms with van der Waals surface area (Å²) in [4.78, 5) is 22.8. The van der Waals surface area contributed by atoms with Crippen LogP contribution in [0.15, 0.2) is 65.9 Å². The fourth-order valence-corrected chi connectivity index (χ4v) is 6.63. The first kappa shape index (κ1) is 26.3. The van der Waals surface area contributed by atoms with Crippen LogP contribution in [-0.2, 0) is 0 Å². The van der Waals surface area contributed by atoms with Crippen LogP contribution in [0, 0.1) is 0 Å². The Labute approximate surface area is 232 Å². The van der Waals surface area contributed by atoms with Gasteiger partial charge in [-0.2, -0.15) is 0 Å².